The summed E-state index contributed by atoms with van der Waals surface area (Å²) in [5.41, 5.74) is 0.737. The molecular weight excluding hydrogens is 417 g/mol. The van der Waals surface area contributed by atoms with E-state index in [0.29, 0.717) is 11.6 Å². The molecule has 2 heterocycles. The minimum atomic E-state index is -4.57. The Morgan fingerprint density at radius 3 is 2.29 bits per heavy atom. The Bertz CT molecular complexity index is 978. The Morgan fingerprint density at radius 2 is 1.74 bits per heavy atom. The summed E-state index contributed by atoms with van der Waals surface area (Å²) in [6.45, 7) is 7.01. The first-order chi connectivity index (χ1) is 14.2. The van der Waals surface area contributed by atoms with Crippen molar-refractivity contribution in [1.29, 1.82) is 0 Å². The highest BCUT2D eigenvalue weighted by molar-refractivity contribution is 5.91. The second-order valence-electron chi connectivity index (χ2n) is 9.07. The molecule has 2 aromatic rings. The quantitative estimate of drug-likeness (QED) is 0.634. The Labute approximate surface area is 177 Å². The van der Waals surface area contributed by atoms with Gasteiger partial charge in [0.05, 0.1) is 11.4 Å². The number of benzene rings is 1. The van der Waals surface area contributed by atoms with Gasteiger partial charge in [0.2, 0.25) is 5.91 Å². The highest BCUT2D eigenvalue weighted by Gasteiger charge is 2.48. The summed E-state index contributed by atoms with van der Waals surface area (Å²) >= 11 is 0. The molecule has 168 valence electrons. The van der Waals surface area contributed by atoms with Crippen molar-refractivity contribution in [3.05, 3.63) is 52.7 Å². The molecule has 0 bridgehead atoms. The van der Waals surface area contributed by atoms with Gasteiger partial charge < -0.3 is 10.2 Å². The number of fused-ring (bicyclic) bond motifs is 1. The highest BCUT2D eigenvalue weighted by atomic mass is 19.4. The van der Waals surface area contributed by atoms with E-state index in [4.69, 9.17) is 0 Å². The van der Waals surface area contributed by atoms with Gasteiger partial charge in [-0.2, -0.15) is 13.2 Å². The molecule has 31 heavy (non-hydrogen) atoms. The number of nitrogens with zero attached hydrogens (tertiary/aromatic N) is 2. The molecule has 4 nitrogen and oxygen atoms in total. The van der Waals surface area contributed by atoms with Crippen molar-refractivity contribution in [2.24, 2.45) is 5.41 Å². The van der Waals surface area contributed by atoms with Crippen LogP contribution in [0.15, 0.2) is 24.3 Å². The molecule has 0 spiro atoms. The molecule has 1 aromatic carbocycles. The number of carbonyl (C=O) groups is 1. The SMILES string of the molecule is Cc1cc2c(nc1NC(=O)CC(C)(C)C)CC(C(F)(F)F)N2Cc1cc(F)cc(F)c1. The van der Waals surface area contributed by atoms with Crippen molar-refractivity contribution < 1.29 is 26.7 Å². The molecule has 0 saturated carbocycles. The summed E-state index contributed by atoms with van der Waals surface area (Å²) in [6.07, 6.45) is -4.76. The van der Waals surface area contributed by atoms with E-state index in [-0.39, 0.29) is 47.1 Å². The third-order valence-electron chi connectivity index (χ3n) is 4.94. The summed E-state index contributed by atoms with van der Waals surface area (Å²) in [5, 5.41) is 2.68. The summed E-state index contributed by atoms with van der Waals surface area (Å²) < 4.78 is 68.3. The molecule has 1 aromatic heterocycles. The van der Waals surface area contributed by atoms with Crippen LogP contribution in [0.5, 0.6) is 0 Å². The van der Waals surface area contributed by atoms with E-state index < -0.39 is 30.3 Å². The normalized spacial score (nSPS) is 16.4. The fourth-order valence-electron chi connectivity index (χ4n) is 3.67. The molecule has 0 saturated heterocycles. The average Bonchev–Trinajstić information content (AvgIpc) is 2.90. The first-order valence-corrected chi connectivity index (χ1v) is 9.81. The Kier molecular flexibility index (Phi) is 5.99. The topological polar surface area (TPSA) is 45.2 Å². The number of halogens is 5. The third kappa shape index (κ3) is 5.51. The van der Waals surface area contributed by atoms with Crippen LogP contribution in [0.1, 0.15) is 44.0 Å². The van der Waals surface area contributed by atoms with Crippen LogP contribution in [-0.4, -0.2) is 23.1 Å². The number of amides is 1. The standard InChI is InChI=1S/C22H24F5N3O/c1-12-5-17-16(28-20(12)29-19(31)10-21(2,3)4)9-18(22(25,26)27)30(17)11-13-6-14(23)8-15(24)7-13/h5-8,18H,9-11H2,1-4H3,(H,28,29,31). The lowest BCUT2D eigenvalue weighted by Gasteiger charge is -2.29. The number of alkyl halides is 3. The Morgan fingerprint density at radius 1 is 1.13 bits per heavy atom. The lowest BCUT2D eigenvalue weighted by Crippen LogP contribution is -2.43. The van der Waals surface area contributed by atoms with Crippen LogP contribution in [0.25, 0.3) is 0 Å². The zero-order chi connectivity index (χ0) is 23.1. The maximum Gasteiger partial charge on any atom is 0.409 e. The summed E-state index contributed by atoms with van der Waals surface area (Å²) in [5.74, 6) is -1.78. The molecule has 1 aliphatic rings. The van der Waals surface area contributed by atoms with Gasteiger partial charge >= 0.3 is 6.18 Å². The molecular formula is C22H24F5N3O. The summed E-state index contributed by atoms with van der Waals surface area (Å²) in [6, 6.07) is 2.32. The van der Waals surface area contributed by atoms with Gasteiger partial charge in [0.1, 0.15) is 23.5 Å². The van der Waals surface area contributed by atoms with Crippen LogP contribution in [0.3, 0.4) is 0 Å². The van der Waals surface area contributed by atoms with Gasteiger partial charge in [-0.15, -0.1) is 0 Å². The number of aromatic nitrogens is 1. The molecule has 1 amide bonds. The number of hydrogen-bond donors (Lipinski definition) is 1. The number of anilines is 2. The fraction of sp³-hybridized carbons (Fsp3) is 0.455. The second-order valence-corrected chi connectivity index (χ2v) is 9.07. The van der Waals surface area contributed by atoms with Crippen molar-refractivity contribution in [2.45, 2.75) is 59.3 Å². The van der Waals surface area contributed by atoms with Gasteiger partial charge in [-0.05, 0) is 41.7 Å². The van der Waals surface area contributed by atoms with Crippen molar-refractivity contribution in [3.63, 3.8) is 0 Å². The van der Waals surface area contributed by atoms with E-state index in [1.54, 1.807) is 6.92 Å². The highest BCUT2D eigenvalue weighted by Crippen LogP contribution is 2.41. The van der Waals surface area contributed by atoms with Crippen molar-refractivity contribution in [3.8, 4) is 0 Å². The minimum absolute atomic E-state index is 0.0832. The van der Waals surface area contributed by atoms with E-state index >= 15 is 0 Å². The number of carbonyl (C=O) groups excluding carboxylic acids is 1. The van der Waals surface area contributed by atoms with Gasteiger partial charge in [-0.25, -0.2) is 13.8 Å². The van der Waals surface area contributed by atoms with E-state index in [9.17, 15) is 26.7 Å². The molecule has 1 N–H and O–H groups in total. The van der Waals surface area contributed by atoms with E-state index in [0.717, 1.165) is 17.0 Å². The molecule has 9 heteroatoms. The van der Waals surface area contributed by atoms with Gasteiger partial charge in [-0.1, -0.05) is 20.8 Å². The van der Waals surface area contributed by atoms with E-state index in [2.05, 4.69) is 10.3 Å². The van der Waals surface area contributed by atoms with Crippen LogP contribution >= 0.6 is 0 Å². The Balaban J connectivity index is 1.94. The summed E-state index contributed by atoms with van der Waals surface area (Å²) in [4.78, 5) is 17.6. The number of hydrogen-bond acceptors (Lipinski definition) is 3. The molecule has 0 aliphatic carbocycles. The molecule has 0 radical (unpaired) electrons. The molecule has 1 atom stereocenters. The lowest BCUT2D eigenvalue weighted by atomic mass is 9.92. The van der Waals surface area contributed by atoms with Crippen LogP contribution in [0, 0.1) is 24.0 Å². The summed E-state index contributed by atoms with van der Waals surface area (Å²) in [7, 11) is 0. The average molecular weight is 441 g/mol. The predicted molar refractivity (Wildman–Crippen MR) is 108 cm³/mol. The molecule has 3 rings (SSSR count). The molecule has 1 unspecified atom stereocenters. The van der Waals surface area contributed by atoms with Gasteiger partial charge in [0, 0.05) is 25.5 Å². The van der Waals surface area contributed by atoms with Crippen LogP contribution in [0.4, 0.5) is 33.5 Å². The number of rotatable bonds is 4. The number of aryl methyl sites for hydroxylation is 1. The lowest BCUT2D eigenvalue weighted by molar-refractivity contribution is -0.147. The Hall–Kier alpha value is -2.71. The minimum Gasteiger partial charge on any atom is -0.354 e. The van der Waals surface area contributed by atoms with Crippen LogP contribution < -0.4 is 10.2 Å². The maximum atomic E-state index is 13.7. The van der Waals surface area contributed by atoms with E-state index in [1.807, 2.05) is 20.8 Å². The monoisotopic (exact) mass is 441 g/mol. The number of nitrogens with one attached hydrogen (secondary N) is 1. The van der Waals surface area contributed by atoms with Gasteiger partial charge in [-0.3, -0.25) is 4.79 Å². The first-order valence-electron chi connectivity index (χ1n) is 9.81. The van der Waals surface area contributed by atoms with E-state index in [1.165, 1.54) is 6.07 Å². The smallest absolute Gasteiger partial charge is 0.354 e. The largest absolute Gasteiger partial charge is 0.409 e. The number of pyridine rings is 1. The zero-order valence-corrected chi connectivity index (χ0v) is 17.7. The van der Waals surface area contributed by atoms with Gasteiger partial charge in [0.15, 0.2) is 0 Å². The second kappa shape index (κ2) is 8.09. The zero-order valence-electron chi connectivity index (χ0n) is 17.7. The third-order valence-corrected chi connectivity index (χ3v) is 4.94. The predicted octanol–water partition coefficient (Wildman–Crippen LogP) is 5.54. The van der Waals surface area contributed by atoms with Crippen LogP contribution in [0.2, 0.25) is 0 Å². The maximum absolute atomic E-state index is 13.7. The van der Waals surface area contributed by atoms with Crippen LogP contribution in [-0.2, 0) is 17.8 Å². The molecule has 1 aliphatic heterocycles. The van der Waals surface area contributed by atoms with Gasteiger partial charge in [0.25, 0.3) is 0 Å². The fourth-order valence-corrected chi connectivity index (χ4v) is 3.67. The van der Waals surface area contributed by atoms with Crippen molar-refractivity contribution in [1.82, 2.24) is 4.98 Å². The van der Waals surface area contributed by atoms with Crippen molar-refractivity contribution in [2.75, 3.05) is 10.2 Å². The first kappa shape index (κ1) is 23.0. The molecule has 0 fully saturated rings. The van der Waals surface area contributed by atoms with Crippen molar-refractivity contribution >= 4 is 17.4 Å².